The summed E-state index contributed by atoms with van der Waals surface area (Å²) in [5.74, 6) is 1.23. The summed E-state index contributed by atoms with van der Waals surface area (Å²) in [6, 6.07) is 0.416. The lowest BCUT2D eigenvalue weighted by Crippen LogP contribution is -2.34. The van der Waals surface area contributed by atoms with Gasteiger partial charge in [-0.2, -0.15) is 5.10 Å². The second-order valence-corrected chi connectivity index (χ2v) is 5.63. The second-order valence-electron chi connectivity index (χ2n) is 4.87. The number of rotatable bonds is 7. The van der Waals surface area contributed by atoms with E-state index in [0.717, 1.165) is 35.9 Å². The van der Waals surface area contributed by atoms with Gasteiger partial charge in [0.05, 0.1) is 16.4 Å². The molecule has 1 heterocycles. The molecule has 5 heteroatoms. The van der Waals surface area contributed by atoms with Crippen molar-refractivity contribution in [3.63, 3.8) is 0 Å². The summed E-state index contributed by atoms with van der Waals surface area (Å²) in [5, 5.41) is 8.73. The smallest absolute Gasteiger partial charge is 0.0860 e. The van der Waals surface area contributed by atoms with E-state index in [1.165, 1.54) is 0 Å². The highest BCUT2D eigenvalue weighted by atomic mass is 35.5. The third-order valence-electron chi connectivity index (χ3n) is 3.21. The molecule has 0 fully saturated rings. The van der Waals surface area contributed by atoms with Crippen LogP contribution in [0.5, 0.6) is 0 Å². The molecule has 0 aliphatic heterocycles. The van der Waals surface area contributed by atoms with Crippen molar-refractivity contribution < 1.29 is 0 Å². The van der Waals surface area contributed by atoms with Crippen molar-refractivity contribution in [1.82, 2.24) is 15.1 Å². The lowest BCUT2D eigenvalue weighted by molar-refractivity contribution is 0.382. The summed E-state index contributed by atoms with van der Waals surface area (Å²) < 4.78 is 1.96. The maximum atomic E-state index is 6.28. The van der Waals surface area contributed by atoms with Gasteiger partial charge in [0.25, 0.3) is 0 Å². The summed E-state index contributed by atoms with van der Waals surface area (Å²) in [4.78, 5) is 0. The zero-order valence-electron chi connectivity index (χ0n) is 11.6. The summed E-state index contributed by atoms with van der Waals surface area (Å²) in [6.07, 6.45) is 0.968. The van der Waals surface area contributed by atoms with Gasteiger partial charge < -0.3 is 5.32 Å². The molecule has 1 N–H and O–H groups in total. The summed E-state index contributed by atoms with van der Waals surface area (Å²) >= 11 is 12.1. The SMILES string of the molecule is CCn1nc(C)c(Cl)c1CNC(CCCl)C(C)C. The lowest BCUT2D eigenvalue weighted by atomic mass is 10.0. The van der Waals surface area contributed by atoms with Crippen LogP contribution in [-0.4, -0.2) is 21.7 Å². The third-order valence-corrected chi connectivity index (χ3v) is 3.92. The van der Waals surface area contributed by atoms with Gasteiger partial charge in [-0.15, -0.1) is 11.6 Å². The topological polar surface area (TPSA) is 29.9 Å². The molecule has 0 saturated carbocycles. The minimum atomic E-state index is 0.416. The van der Waals surface area contributed by atoms with Gasteiger partial charge in [-0.05, 0) is 26.2 Å². The Balaban J connectivity index is 2.72. The number of nitrogens with zero attached hydrogens (tertiary/aromatic N) is 2. The van der Waals surface area contributed by atoms with E-state index in [-0.39, 0.29) is 0 Å². The largest absolute Gasteiger partial charge is 0.308 e. The van der Waals surface area contributed by atoms with Crippen LogP contribution in [0.2, 0.25) is 5.02 Å². The number of alkyl halides is 1. The van der Waals surface area contributed by atoms with Gasteiger partial charge in [-0.3, -0.25) is 4.68 Å². The summed E-state index contributed by atoms with van der Waals surface area (Å²) in [7, 11) is 0. The number of hydrogen-bond acceptors (Lipinski definition) is 2. The van der Waals surface area contributed by atoms with Crippen molar-refractivity contribution in [3.8, 4) is 0 Å². The van der Waals surface area contributed by atoms with E-state index < -0.39 is 0 Å². The van der Waals surface area contributed by atoms with Gasteiger partial charge in [0.15, 0.2) is 0 Å². The van der Waals surface area contributed by atoms with Gasteiger partial charge >= 0.3 is 0 Å². The normalized spacial score (nSPS) is 13.3. The van der Waals surface area contributed by atoms with Crippen LogP contribution in [0, 0.1) is 12.8 Å². The van der Waals surface area contributed by atoms with Gasteiger partial charge in [0.2, 0.25) is 0 Å². The van der Waals surface area contributed by atoms with Gasteiger partial charge in [0.1, 0.15) is 0 Å². The predicted molar refractivity (Wildman–Crippen MR) is 78.5 cm³/mol. The van der Waals surface area contributed by atoms with E-state index in [1.807, 2.05) is 11.6 Å². The van der Waals surface area contributed by atoms with E-state index >= 15 is 0 Å². The molecule has 0 spiro atoms. The van der Waals surface area contributed by atoms with Crippen LogP contribution in [0.25, 0.3) is 0 Å². The minimum absolute atomic E-state index is 0.416. The van der Waals surface area contributed by atoms with Crippen LogP contribution < -0.4 is 5.32 Å². The monoisotopic (exact) mass is 291 g/mol. The molecule has 0 aromatic carbocycles. The first kappa shape index (κ1) is 15.8. The molecule has 0 bridgehead atoms. The Labute approximate surface area is 120 Å². The first-order valence-electron chi connectivity index (χ1n) is 6.52. The number of aryl methyl sites for hydroxylation is 2. The van der Waals surface area contributed by atoms with Crippen LogP contribution >= 0.6 is 23.2 Å². The third kappa shape index (κ3) is 3.87. The van der Waals surface area contributed by atoms with Crippen molar-refractivity contribution in [2.45, 2.75) is 53.2 Å². The highest BCUT2D eigenvalue weighted by molar-refractivity contribution is 6.31. The van der Waals surface area contributed by atoms with Gasteiger partial charge in [-0.1, -0.05) is 25.4 Å². The van der Waals surface area contributed by atoms with Crippen LogP contribution in [0.1, 0.15) is 38.6 Å². The number of hydrogen-bond donors (Lipinski definition) is 1. The van der Waals surface area contributed by atoms with E-state index in [2.05, 4.69) is 31.2 Å². The van der Waals surface area contributed by atoms with Crippen LogP contribution in [-0.2, 0) is 13.1 Å². The Hall–Kier alpha value is -0.250. The van der Waals surface area contributed by atoms with Crippen LogP contribution in [0.3, 0.4) is 0 Å². The first-order chi connectivity index (χ1) is 8.51. The molecule has 18 heavy (non-hydrogen) atoms. The zero-order chi connectivity index (χ0) is 13.7. The van der Waals surface area contributed by atoms with E-state index in [1.54, 1.807) is 0 Å². The highest BCUT2D eigenvalue weighted by Gasteiger charge is 2.16. The molecule has 1 rings (SSSR count). The molecular formula is C13H23Cl2N3. The van der Waals surface area contributed by atoms with E-state index in [0.29, 0.717) is 17.8 Å². The van der Waals surface area contributed by atoms with Crippen molar-refractivity contribution in [1.29, 1.82) is 0 Å². The van der Waals surface area contributed by atoms with Crippen molar-refractivity contribution in [2.75, 3.05) is 5.88 Å². The summed E-state index contributed by atoms with van der Waals surface area (Å²) in [5.41, 5.74) is 1.96. The fourth-order valence-corrected chi connectivity index (χ4v) is 2.49. The molecule has 1 aromatic rings. The molecular weight excluding hydrogens is 269 g/mol. The number of nitrogens with one attached hydrogen (secondary N) is 1. The lowest BCUT2D eigenvalue weighted by Gasteiger charge is -2.21. The fourth-order valence-electron chi connectivity index (χ4n) is 2.05. The van der Waals surface area contributed by atoms with Crippen LogP contribution in [0.15, 0.2) is 0 Å². The Morgan fingerprint density at radius 1 is 1.39 bits per heavy atom. The molecule has 0 saturated heterocycles. The first-order valence-corrected chi connectivity index (χ1v) is 7.43. The molecule has 3 nitrogen and oxygen atoms in total. The average Bonchev–Trinajstić information content (AvgIpc) is 2.60. The van der Waals surface area contributed by atoms with Crippen molar-refractivity contribution >= 4 is 23.2 Å². The Bertz CT molecular complexity index is 375. The Morgan fingerprint density at radius 3 is 2.56 bits per heavy atom. The molecule has 0 aliphatic carbocycles. The van der Waals surface area contributed by atoms with Crippen molar-refractivity contribution in [2.24, 2.45) is 5.92 Å². The molecule has 104 valence electrons. The van der Waals surface area contributed by atoms with E-state index in [9.17, 15) is 0 Å². The Kier molecular flexibility index (Phi) is 6.47. The maximum absolute atomic E-state index is 6.28. The molecule has 1 aromatic heterocycles. The molecule has 0 aliphatic rings. The fraction of sp³-hybridized carbons (Fsp3) is 0.769. The summed E-state index contributed by atoms with van der Waals surface area (Å²) in [6.45, 7) is 10.0. The standard InChI is InChI=1S/C13H23Cl2N3/c1-5-18-12(13(15)10(4)17-18)8-16-11(6-7-14)9(2)3/h9,11,16H,5-8H2,1-4H3. The highest BCUT2D eigenvalue weighted by Crippen LogP contribution is 2.20. The molecule has 0 radical (unpaired) electrons. The van der Waals surface area contributed by atoms with Gasteiger partial charge in [-0.25, -0.2) is 0 Å². The van der Waals surface area contributed by atoms with Gasteiger partial charge in [0, 0.05) is 25.0 Å². The zero-order valence-corrected chi connectivity index (χ0v) is 13.1. The number of aromatic nitrogens is 2. The quantitative estimate of drug-likeness (QED) is 0.778. The predicted octanol–water partition coefficient (Wildman–Crippen LogP) is 3.61. The molecule has 1 unspecified atom stereocenters. The maximum Gasteiger partial charge on any atom is 0.0860 e. The second kappa shape index (κ2) is 7.37. The van der Waals surface area contributed by atoms with Crippen LogP contribution in [0.4, 0.5) is 0 Å². The molecule has 1 atom stereocenters. The van der Waals surface area contributed by atoms with E-state index in [4.69, 9.17) is 23.2 Å². The molecule has 0 amide bonds. The average molecular weight is 292 g/mol. The number of halogens is 2. The Morgan fingerprint density at radius 2 is 2.06 bits per heavy atom. The minimum Gasteiger partial charge on any atom is -0.308 e. The van der Waals surface area contributed by atoms with Crippen molar-refractivity contribution in [3.05, 3.63) is 16.4 Å².